The van der Waals surface area contributed by atoms with Crippen LogP contribution in [0.25, 0.3) is 0 Å². The summed E-state index contributed by atoms with van der Waals surface area (Å²) in [4.78, 5) is 44.3. The zero-order chi connectivity index (χ0) is 39.7. The Morgan fingerprint density at radius 1 is 0.945 bits per heavy atom. The number of piperidine rings is 1. The summed E-state index contributed by atoms with van der Waals surface area (Å²) in [6.07, 6.45) is 3.44. The number of amides is 3. The van der Waals surface area contributed by atoms with Gasteiger partial charge in [0.25, 0.3) is 0 Å². The molecule has 0 radical (unpaired) electrons. The van der Waals surface area contributed by atoms with Crippen molar-refractivity contribution in [3.8, 4) is 5.75 Å². The fourth-order valence-electron chi connectivity index (χ4n) is 7.73. The molecule has 1 saturated heterocycles. The number of ether oxygens (including phenoxy) is 1. The Hall–Kier alpha value is -4.47. The van der Waals surface area contributed by atoms with Crippen molar-refractivity contribution in [3.05, 3.63) is 129 Å². The standard InChI is InChI=1S/C44H50Cl2FN5O3/c1-8-55-37-26-38(42(2,3)4)48-27-36(37)40-49-43(5,31-12-16-33(45)17-13-31)44(6,32-14-18-34(46)19-15-32)52(40)41(54)51-22-20-29(21-23-51)25-39(53)50(7)28-30-10-9-11-35(47)24-30/h9-19,24,26-27,29H,8,20-23,25,28H2,1-7H3/t43-,44+/m0/s1. The van der Waals surface area contributed by atoms with Gasteiger partial charge in [-0.1, -0.05) is 80.4 Å². The highest BCUT2D eigenvalue weighted by Crippen LogP contribution is 2.54. The number of halogens is 3. The quantitative estimate of drug-likeness (QED) is 0.169. The lowest BCUT2D eigenvalue weighted by atomic mass is 9.71. The Bertz CT molecular complexity index is 2060. The predicted octanol–water partition coefficient (Wildman–Crippen LogP) is 10.00. The lowest BCUT2D eigenvalue weighted by molar-refractivity contribution is -0.131. The summed E-state index contributed by atoms with van der Waals surface area (Å²) < 4.78 is 20.1. The molecule has 55 heavy (non-hydrogen) atoms. The molecule has 3 amide bonds. The summed E-state index contributed by atoms with van der Waals surface area (Å²) in [5.41, 5.74) is 1.63. The summed E-state index contributed by atoms with van der Waals surface area (Å²) in [6.45, 7) is 14.0. The molecule has 1 fully saturated rings. The van der Waals surface area contributed by atoms with Crippen LogP contribution in [0.15, 0.2) is 90.1 Å². The molecular weight excluding hydrogens is 736 g/mol. The van der Waals surface area contributed by atoms with Crippen LogP contribution in [0.2, 0.25) is 10.0 Å². The minimum Gasteiger partial charge on any atom is -0.493 e. The number of amidine groups is 1. The Morgan fingerprint density at radius 3 is 2.15 bits per heavy atom. The van der Waals surface area contributed by atoms with E-state index in [1.807, 2.05) is 84.3 Å². The number of aromatic nitrogens is 1. The number of rotatable bonds is 9. The van der Waals surface area contributed by atoms with E-state index in [0.717, 1.165) is 22.4 Å². The summed E-state index contributed by atoms with van der Waals surface area (Å²) >= 11 is 12.8. The van der Waals surface area contributed by atoms with E-state index in [0.29, 0.717) is 72.7 Å². The molecule has 2 aliphatic rings. The molecule has 1 aromatic heterocycles. The highest BCUT2D eigenvalue weighted by atomic mass is 35.5. The van der Waals surface area contributed by atoms with Crippen molar-refractivity contribution in [2.45, 2.75) is 83.8 Å². The third-order valence-corrected chi connectivity index (χ3v) is 11.7. The number of hydrogen-bond acceptors (Lipinski definition) is 5. The van der Waals surface area contributed by atoms with Gasteiger partial charge in [0.15, 0.2) is 0 Å². The minimum absolute atomic E-state index is 0.00768. The molecule has 6 rings (SSSR count). The average molecular weight is 787 g/mol. The smallest absolute Gasteiger partial charge is 0.326 e. The van der Waals surface area contributed by atoms with Crippen molar-refractivity contribution in [2.75, 3.05) is 26.7 Å². The fraction of sp³-hybridized carbons (Fsp3) is 0.409. The monoisotopic (exact) mass is 785 g/mol. The third kappa shape index (κ3) is 8.10. The average Bonchev–Trinajstić information content (AvgIpc) is 3.39. The van der Waals surface area contributed by atoms with Crippen LogP contribution < -0.4 is 4.74 Å². The Morgan fingerprint density at radius 2 is 1.56 bits per heavy atom. The number of carbonyl (C=O) groups excluding carboxylic acids is 2. The van der Waals surface area contributed by atoms with Crippen molar-refractivity contribution in [1.29, 1.82) is 0 Å². The molecule has 0 spiro atoms. The number of carbonyl (C=O) groups is 2. The normalized spacial score (nSPS) is 20.4. The minimum atomic E-state index is -1.06. The Kier molecular flexibility index (Phi) is 11.7. The van der Waals surface area contributed by atoms with Gasteiger partial charge in [-0.15, -0.1) is 0 Å². The van der Waals surface area contributed by atoms with E-state index in [-0.39, 0.29) is 29.1 Å². The second-order valence-corrected chi connectivity index (χ2v) is 16.8. The first-order valence-electron chi connectivity index (χ1n) is 18.9. The second-order valence-electron chi connectivity index (χ2n) is 16.0. The van der Waals surface area contributed by atoms with Crippen molar-refractivity contribution in [2.24, 2.45) is 10.9 Å². The van der Waals surface area contributed by atoms with Gasteiger partial charge < -0.3 is 14.5 Å². The first-order valence-corrected chi connectivity index (χ1v) is 19.6. The van der Waals surface area contributed by atoms with Gasteiger partial charge in [-0.25, -0.2) is 9.18 Å². The van der Waals surface area contributed by atoms with E-state index in [1.54, 1.807) is 24.2 Å². The first-order chi connectivity index (χ1) is 26.0. The molecule has 0 saturated carbocycles. The van der Waals surface area contributed by atoms with Gasteiger partial charge in [-0.2, -0.15) is 0 Å². The topological polar surface area (TPSA) is 78.3 Å². The summed E-state index contributed by atoms with van der Waals surface area (Å²) in [6, 6.07) is 23.3. The molecule has 0 N–H and O–H groups in total. The largest absolute Gasteiger partial charge is 0.493 e. The predicted molar refractivity (Wildman–Crippen MR) is 217 cm³/mol. The highest BCUT2D eigenvalue weighted by molar-refractivity contribution is 6.30. The van der Waals surface area contributed by atoms with Gasteiger partial charge in [-0.3, -0.25) is 19.7 Å². The SMILES string of the molecule is CCOc1cc(C(C)(C)C)ncc1C1=N[C@@](C)(c2ccc(Cl)cc2)[C@@](C)(c2ccc(Cl)cc2)N1C(=O)N1CCC(CC(=O)N(C)Cc2cccc(F)c2)CC1. The fourth-order valence-corrected chi connectivity index (χ4v) is 7.98. The van der Waals surface area contributed by atoms with Gasteiger partial charge >= 0.3 is 6.03 Å². The van der Waals surface area contributed by atoms with Crippen LogP contribution in [0.4, 0.5) is 9.18 Å². The molecule has 11 heteroatoms. The molecule has 2 atom stereocenters. The molecule has 2 aliphatic heterocycles. The zero-order valence-corrected chi connectivity index (χ0v) is 34.2. The van der Waals surface area contributed by atoms with Gasteiger partial charge in [0.2, 0.25) is 5.91 Å². The van der Waals surface area contributed by atoms with Crippen LogP contribution in [0.3, 0.4) is 0 Å². The van der Waals surface area contributed by atoms with Crippen molar-refractivity contribution < 1.29 is 18.7 Å². The molecule has 0 unspecified atom stereocenters. The van der Waals surface area contributed by atoms with Gasteiger partial charge in [0.1, 0.15) is 28.5 Å². The molecule has 0 aliphatic carbocycles. The second kappa shape index (κ2) is 15.9. The third-order valence-electron chi connectivity index (χ3n) is 11.2. The van der Waals surface area contributed by atoms with Crippen LogP contribution >= 0.6 is 23.2 Å². The van der Waals surface area contributed by atoms with Crippen LogP contribution in [-0.2, 0) is 27.8 Å². The van der Waals surface area contributed by atoms with E-state index in [9.17, 15) is 9.18 Å². The maximum Gasteiger partial charge on any atom is 0.326 e. The molecule has 4 aromatic rings. The molecule has 290 valence electrons. The number of likely N-dealkylation sites (tertiary alicyclic amines) is 1. The number of urea groups is 1. The maximum atomic E-state index is 15.3. The summed E-state index contributed by atoms with van der Waals surface area (Å²) in [7, 11) is 1.74. The van der Waals surface area contributed by atoms with Gasteiger partial charge in [0, 0.05) is 66.5 Å². The summed E-state index contributed by atoms with van der Waals surface area (Å²) in [5.74, 6) is 0.810. The molecule has 3 aromatic carbocycles. The van der Waals surface area contributed by atoms with Crippen molar-refractivity contribution in [3.63, 3.8) is 0 Å². The van der Waals surface area contributed by atoms with Crippen LogP contribution in [0.5, 0.6) is 5.75 Å². The number of aliphatic imine (C=N–C) groups is 1. The lowest BCUT2D eigenvalue weighted by Gasteiger charge is -2.47. The molecule has 0 bridgehead atoms. The Balaban J connectivity index is 1.37. The van der Waals surface area contributed by atoms with Crippen LogP contribution in [0, 0.1) is 11.7 Å². The molecule has 8 nitrogen and oxygen atoms in total. The van der Waals surface area contributed by atoms with Gasteiger partial charge in [-0.05, 0) is 92.6 Å². The number of hydrogen-bond donors (Lipinski definition) is 0. The van der Waals surface area contributed by atoms with E-state index >= 15 is 4.79 Å². The number of benzene rings is 3. The van der Waals surface area contributed by atoms with E-state index in [4.69, 9.17) is 37.9 Å². The van der Waals surface area contributed by atoms with E-state index in [2.05, 4.69) is 27.7 Å². The highest BCUT2D eigenvalue weighted by Gasteiger charge is 2.60. The summed E-state index contributed by atoms with van der Waals surface area (Å²) in [5, 5.41) is 1.18. The molecular formula is C44H50Cl2FN5O3. The van der Waals surface area contributed by atoms with Crippen LogP contribution in [0.1, 0.15) is 88.8 Å². The van der Waals surface area contributed by atoms with Gasteiger partial charge in [0.05, 0.1) is 12.2 Å². The number of pyridine rings is 1. The van der Waals surface area contributed by atoms with Crippen molar-refractivity contribution >= 4 is 41.0 Å². The van der Waals surface area contributed by atoms with Crippen molar-refractivity contribution in [1.82, 2.24) is 19.7 Å². The lowest BCUT2D eigenvalue weighted by Crippen LogP contribution is -2.59. The van der Waals surface area contributed by atoms with E-state index < -0.39 is 11.1 Å². The zero-order valence-electron chi connectivity index (χ0n) is 32.7. The first kappa shape index (κ1) is 40.2. The Labute approximate surface area is 334 Å². The van der Waals surface area contributed by atoms with Crippen LogP contribution in [-0.4, -0.2) is 64.2 Å². The molecule has 3 heterocycles. The maximum absolute atomic E-state index is 15.3. The van der Waals surface area contributed by atoms with E-state index in [1.165, 1.54) is 12.1 Å². The number of nitrogens with zero attached hydrogens (tertiary/aromatic N) is 5.